The fourth-order valence-corrected chi connectivity index (χ4v) is 1.46. The van der Waals surface area contributed by atoms with Gasteiger partial charge in [-0.15, -0.1) is 0 Å². The van der Waals surface area contributed by atoms with Crippen molar-refractivity contribution in [3.63, 3.8) is 0 Å². The van der Waals surface area contributed by atoms with E-state index >= 15 is 0 Å². The van der Waals surface area contributed by atoms with Crippen LogP contribution in [-0.2, 0) is 11.4 Å². The molecule has 0 aliphatic rings. The fourth-order valence-electron chi connectivity index (χ4n) is 1.46. The molecule has 6 heteroatoms. The van der Waals surface area contributed by atoms with Gasteiger partial charge in [0, 0.05) is 13.0 Å². The van der Waals surface area contributed by atoms with Crippen molar-refractivity contribution in [2.45, 2.75) is 13.5 Å². The molecule has 0 amide bonds. The maximum absolute atomic E-state index is 11.2. The largest absolute Gasteiger partial charge is 0.619 e. The number of pyridine rings is 1. The van der Waals surface area contributed by atoms with Crippen LogP contribution in [0, 0.1) is 5.21 Å². The van der Waals surface area contributed by atoms with E-state index in [4.69, 9.17) is 19.4 Å². The van der Waals surface area contributed by atoms with Gasteiger partial charge in [-0.2, -0.15) is 4.73 Å². The molecule has 2 aromatic rings. The van der Waals surface area contributed by atoms with Gasteiger partial charge in [0.2, 0.25) is 11.9 Å². The third-order valence-corrected chi connectivity index (χ3v) is 2.32. The van der Waals surface area contributed by atoms with Crippen LogP contribution in [0.1, 0.15) is 12.5 Å². The van der Waals surface area contributed by atoms with E-state index in [1.807, 2.05) is 30.3 Å². The van der Waals surface area contributed by atoms with Crippen LogP contribution >= 0.6 is 0 Å². The number of methoxy groups -OCH3 is 1. The molecular formula is C15H17NO5. The minimum Gasteiger partial charge on any atom is -0.619 e. The van der Waals surface area contributed by atoms with Gasteiger partial charge in [-0.1, -0.05) is 30.3 Å². The normalized spacial score (nSPS) is 9.24. The smallest absolute Gasteiger partial charge is 0.300 e. The van der Waals surface area contributed by atoms with Gasteiger partial charge in [0.1, 0.15) is 6.61 Å². The SMILES string of the molecule is CC(=O)O.COc1cc[n+]([O-])cc1OCc1ccccc1. The van der Waals surface area contributed by atoms with Gasteiger partial charge in [-0.3, -0.25) is 4.79 Å². The van der Waals surface area contributed by atoms with Crippen LogP contribution in [0.25, 0.3) is 0 Å². The minimum absolute atomic E-state index is 0.404. The van der Waals surface area contributed by atoms with Gasteiger partial charge in [-0.25, -0.2) is 0 Å². The van der Waals surface area contributed by atoms with Crippen molar-refractivity contribution in [2.24, 2.45) is 0 Å². The van der Waals surface area contributed by atoms with Crippen LogP contribution in [0.2, 0.25) is 0 Å². The number of carboxylic acids is 1. The quantitative estimate of drug-likeness (QED) is 0.688. The summed E-state index contributed by atoms with van der Waals surface area (Å²) in [6.45, 7) is 1.49. The first-order chi connectivity index (χ1) is 10.0. The Labute approximate surface area is 122 Å². The number of rotatable bonds is 4. The average Bonchev–Trinajstić information content (AvgIpc) is 2.46. The molecule has 0 unspecified atom stereocenters. The Morgan fingerprint density at radius 3 is 2.43 bits per heavy atom. The zero-order valence-corrected chi connectivity index (χ0v) is 11.9. The van der Waals surface area contributed by atoms with Crippen molar-refractivity contribution in [3.05, 3.63) is 59.6 Å². The number of benzene rings is 1. The van der Waals surface area contributed by atoms with Gasteiger partial charge in [0.05, 0.1) is 7.11 Å². The summed E-state index contributed by atoms with van der Waals surface area (Å²) >= 11 is 0. The lowest BCUT2D eigenvalue weighted by atomic mass is 10.2. The van der Waals surface area contributed by atoms with Crippen LogP contribution in [0.3, 0.4) is 0 Å². The van der Waals surface area contributed by atoms with Crippen molar-refractivity contribution in [2.75, 3.05) is 7.11 Å². The molecule has 6 nitrogen and oxygen atoms in total. The summed E-state index contributed by atoms with van der Waals surface area (Å²) in [5.74, 6) is 0.155. The highest BCUT2D eigenvalue weighted by atomic mass is 16.5. The number of ether oxygens (including phenoxy) is 2. The Bertz CT molecular complexity index is 568. The van der Waals surface area contributed by atoms with Crippen molar-refractivity contribution in [1.82, 2.24) is 0 Å². The van der Waals surface area contributed by atoms with Gasteiger partial charge < -0.3 is 19.8 Å². The second kappa shape index (κ2) is 8.42. The van der Waals surface area contributed by atoms with Crippen LogP contribution in [0.4, 0.5) is 0 Å². The molecule has 0 aliphatic carbocycles. The Hall–Kier alpha value is -2.76. The summed E-state index contributed by atoms with van der Waals surface area (Å²) in [5, 5.41) is 18.6. The lowest BCUT2D eigenvalue weighted by Gasteiger charge is -2.09. The second-order valence-electron chi connectivity index (χ2n) is 4.03. The standard InChI is InChI=1S/C13H13NO3.C2H4O2/c1-16-12-7-8-14(15)9-13(12)17-10-11-5-3-2-4-6-11;1-2(3)4/h2-9H,10H2,1H3;1H3,(H,3,4). The highest BCUT2D eigenvalue weighted by Gasteiger charge is 2.08. The summed E-state index contributed by atoms with van der Waals surface area (Å²) in [6, 6.07) is 11.3. The average molecular weight is 291 g/mol. The van der Waals surface area contributed by atoms with E-state index in [1.165, 1.54) is 12.4 Å². The minimum atomic E-state index is -0.833. The lowest BCUT2D eigenvalue weighted by molar-refractivity contribution is -0.605. The molecule has 0 saturated carbocycles. The first kappa shape index (κ1) is 16.3. The molecular weight excluding hydrogens is 274 g/mol. The molecule has 0 radical (unpaired) electrons. The summed E-state index contributed by atoms with van der Waals surface area (Å²) in [7, 11) is 1.54. The summed E-state index contributed by atoms with van der Waals surface area (Å²) < 4.78 is 11.3. The zero-order chi connectivity index (χ0) is 15.7. The van der Waals surface area contributed by atoms with E-state index in [0.717, 1.165) is 12.5 Å². The Kier molecular flexibility index (Phi) is 6.53. The van der Waals surface area contributed by atoms with Crippen molar-refractivity contribution in [1.29, 1.82) is 0 Å². The molecule has 1 N–H and O–H groups in total. The molecule has 0 bridgehead atoms. The predicted molar refractivity (Wildman–Crippen MR) is 76.0 cm³/mol. The fraction of sp³-hybridized carbons (Fsp3) is 0.200. The molecule has 21 heavy (non-hydrogen) atoms. The van der Waals surface area contributed by atoms with E-state index in [9.17, 15) is 5.21 Å². The monoisotopic (exact) mass is 291 g/mol. The summed E-state index contributed by atoms with van der Waals surface area (Å²) in [5.41, 5.74) is 1.04. The van der Waals surface area contributed by atoms with E-state index in [-0.39, 0.29) is 0 Å². The van der Waals surface area contributed by atoms with Gasteiger partial charge in [0.15, 0.2) is 11.9 Å². The number of hydrogen-bond donors (Lipinski definition) is 1. The summed E-state index contributed by atoms with van der Waals surface area (Å²) in [4.78, 5) is 9.00. The van der Waals surface area contributed by atoms with Gasteiger partial charge in [-0.05, 0) is 5.56 Å². The molecule has 2 rings (SSSR count). The molecule has 0 aliphatic heterocycles. The third-order valence-electron chi connectivity index (χ3n) is 2.32. The maximum Gasteiger partial charge on any atom is 0.300 e. The first-order valence-electron chi connectivity index (χ1n) is 6.16. The van der Waals surface area contributed by atoms with Crippen molar-refractivity contribution in [3.8, 4) is 11.5 Å². The molecule has 112 valence electrons. The number of nitrogens with zero attached hydrogens (tertiary/aromatic N) is 1. The van der Waals surface area contributed by atoms with E-state index in [1.54, 1.807) is 13.2 Å². The Morgan fingerprint density at radius 2 is 1.86 bits per heavy atom. The predicted octanol–water partition coefficient (Wildman–Crippen LogP) is 2.00. The Morgan fingerprint density at radius 1 is 1.24 bits per heavy atom. The Balaban J connectivity index is 0.000000491. The second-order valence-corrected chi connectivity index (χ2v) is 4.03. The third kappa shape index (κ3) is 6.29. The molecule has 0 spiro atoms. The van der Waals surface area contributed by atoms with E-state index in [0.29, 0.717) is 22.8 Å². The van der Waals surface area contributed by atoms with Crippen molar-refractivity contribution >= 4 is 5.97 Å². The molecule has 1 aromatic carbocycles. The summed E-state index contributed by atoms with van der Waals surface area (Å²) in [6.07, 6.45) is 2.72. The number of hydrogen-bond acceptors (Lipinski definition) is 4. The van der Waals surface area contributed by atoms with Gasteiger partial charge in [0.25, 0.3) is 5.97 Å². The topological polar surface area (TPSA) is 82.7 Å². The van der Waals surface area contributed by atoms with E-state index in [2.05, 4.69) is 0 Å². The van der Waals surface area contributed by atoms with Crippen molar-refractivity contribution < 1.29 is 24.1 Å². The van der Waals surface area contributed by atoms with Crippen LogP contribution in [0.15, 0.2) is 48.8 Å². The molecule has 0 atom stereocenters. The number of aliphatic carboxylic acids is 1. The molecule has 0 saturated heterocycles. The van der Waals surface area contributed by atoms with Crippen LogP contribution in [0.5, 0.6) is 11.5 Å². The highest BCUT2D eigenvalue weighted by molar-refractivity contribution is 5.62. The number of aromatic nitrogens is 1. The molecule has 1 aromatic heterocycles. The maximum atomic E-state index is 11.2. The van der Waals surface area contributed by atoms with Crippen LogP contribution < -0.4 is 14.2 Å². The number of carboxylic acid groups (broad SMARTS) is 1. The first-order valence-corrected chi connectivity index (χ1v) is 6.16. The highest BCUT2D eigenvalue weighted by Crippen LogP contribution is 2.24. The molecule has 1 heterocycles. The van der Waals surface area contributed by atoms with Gasteiger partial charge >= 0.3 is 0 Å². The van der Waals surface area contributed by atoms with Crippen LogP contribution in [-0.4, -0.2) is 18.2 Å². The van der Waals surface area contributed by atoms with E-state index < -0.39 is 5.97 Å². The lowest BCUT2D eigenvalue weighted by Crippen LogP contribution is -2.24. The number of carbonyl (C=O) groups is 1. The molecule has 0 fully saturated rings. The zero-order valence-electron chi connectivity index (χ0n) is 11.9.